The summed E-state index contributed by atoms with van der Waals surface area (Å²) in [4.78, 5) is 25.0. The number of hydrogen-bond donors (Lipinski definition) is 0. The van der Waals surface area contributed by atoms with Crippen molar-refractivity contribution in [1.82, 2.24) is 14.9 Å². The molecule has 0 aliphatic carbocycles. The smallest absolute Gasteiger partial charge is 0.233 e. The van der Waals surface area contributed by atoms with Gasteiger partial charge >= 0.3 is 0 Å². The third kappa shape index (κ3) is 4.39. The predicted molar refractivity (Wildman–Crippen MR) is 97.7 cm³/mol. The highest BCUT2D eigenvalue weighted by molar-refractivity contribution is 7.99. The van der Waals surface area contributed by atoms with Crippen LogP contribution in [0, 0.1) is 6.92 Å². The highest BCUT2D eigenvalue weighted by Crippen LogP contribution is 2.21. The van der Waals surface area contributed by atoms with Crippen LogP contribution in [0.25, 0.3) is 0 Å². The van der Waals surface area contributed by atoms with Crippen molar-refractivity contribution in [1.29, 1.82) is 0 Å². The van der Waals surface area contributed by atoms with Crippen LogP contribution < -0.4 is 4.90 Å². The van der Waals surface area contributed by atoms with Crippen LogP contribution in [-0.4, -0.2) is 52.7 Å². The first kappa shape index (κ1) is 17.0. The molecule has 7 heteroatoms. The Morgan fingerprint density at radius 2 is 2.04 bits per heavy atom. The summed E-state index contributed by atoms with van der Waals surface area (Å²) in [7, 11) is 0. The molecule has 24 heavy (non-hydrogen) atoms. The fourth-order valence-corrected chi connectivity index (χ4v) is 3.56. The average molecular weight is 363 g/mol. The molecule has 1 aromatic heterocycles. The standard InChI is InChI=1S/C17H19ClN4OS/c1-13-5-6-19-17(20-13)24-12-16(23)22-9-7-21(8-10-22)15-4-2-3-14(18)11-15/h2-6,11H,7-10,12H2,1H3. The van der Waals surface area contributed by atoms with E-state index in [0.717, 1.165) is 42.6 Å². The van der Waals surface area contributed by atoms with Crippen molar-refractivity contribution >= 4 is 35.0 Å². The Morgan fingerprint density at radius 1 is 1.25 bits per heavy atom. The number of amides is 1. The van der Waals surface area contributed by atoms with Gasteiger partial charge in [-0.05, 0) is 31.2 Å². The largest absolute Gasteiger partial charge is 0.368 e. The Morgan fingerprint density at radius 3 is 2.75 bits per heavy atom. The fourth-order valence-electron chi connectivity index (χ4n) is 2.60. The van der Waals surface area contributed by atoms with E-state index in [9.17, 15) is 4.79 Å². The zero-order valence-electron chi connectivity index (χ0n) is 13.5. The molecule has 1 aliphatic heterocycles. The minimum atomic E-state index is 0.135. The van der Waals surface area contributed by atoms with Gasteiger partial charge in [-0.3, -0.25) is 4.79 Å². The maximum Gasteiger partial charge on any atom is 0.233 e. The summed E-state index contributed by atoms with van der Waals surface area (Å²) in [5.74, 6) is 0.511. The minimum Gasteiger partial charge on any atom is -0.368 e. The first-order valence-electron chi connectivity index (χ1n) is 7.82. The zero-order chi connectivity index (χ0) is 16.9. The van der Waals surface area contributed by atoms with E-state index in [1.54, 1.807) is 6.20 Å². The molecule has 0 radical (unpaired) electrons. The third-order valence-electron chi connectivity index (χ3n) is 3.90. The number of carbonyl (C=O) groups is 1. The van der Waals surface area contributed by atoms with Crippen LogP contribution >= 0.6 is 23.4 Å². The number of nitrogens with zero attached hydrogens (tertiary/aromatic N) is 4. The predicted octanol–water partition coefficient (Wildman–Crippen LogP) is 2.88. The van der Waals surface area contributed by atoms with Gasteiger partial charge in [-0.2, -0.15) is 0 Å². The molecule has 1 aromatic carbocycles. The lowest BCUT2D eigenvalue weighted by Gasteiger charge is -2.36. The van der Waals surface area contributed by atoms with E-state index in [4.69, 9.17) is 11.6 Å². The highest BCUT2D eigenvalue weighted by atomic mass is 35.5. The monoisotopic (exact) mass is 362 g/mol. The van der Waals surface area contributed by atoms with Crippen LogP contribution in [0.1, 0.15) is 5.69 Å². The number of piperazine rings is 1. The number of thioether (sulfide) groups is 1. The Hall–Kier alpha value is -1.79. The number of hydrogen-bond acceptors (Lipinski definition) is 5. The molecule has 1 saturated heterocycles. The molecule has 126 valence electrons. The Balaban J connectivity index is 1.50. The first-order chi connectivity index (χ1) is 11.6. The lowest BCUT2D eigenvalue weighted by atomic mass is 10.2. The van der Waals surface area contributed by atoms with Gasteiger partial charge in [0.25, 0.3) is 0 Å². The maximum atomic E-state index is 12.4. The van der Waals surface area contributed by atoms with Crippen molar-refractivity contribution in [3.63, 3.8) is 0 Å². The Labute approximate surface area is 151 Å². The molecule has 0 atom stereocenters. The van der Waals surface area contributed by atoms with E-state index in [2.05, 4.69) is 14.9 Å². The Kier molecular flexibility index (Phi) is 5.58. The number of halogens is 1. The molecule has 5 nitrogen and oxygen atoms in total. The van der Waals surface area contributed by atoms with Crippen LogP contribution in [0.5, 0.6) is 0 Å². The van der Waals surface area contributed by atoms with Crippen LogP contribution in [0.15, 0.2) is 41.7 Å². The van der Waals surface area contributed by atoms with E-state index in [0.29, 0.717) is 10.9 Å². The van der Waals surface area contributed by atoms with Crippen molar-refractivity contribution in [2.24, 2.45) is 0 Å². The van der Waals surface area contributed by atoms with Gasteiger partial charge in [-0.25, -0.2) is 9.97 Å². The van der Waals surface area contributed by atoms with Crippen molar-refractivity contribution < 1.29 is 4.79 Å². The highest BCUT2D eigenvalue weighted by Gasteiger charge is 2.21. The second-order valence-electron chi connectivity index (χ2n) is 5.62. The molecule has 0 saturated carbocycles. The summed E-state index contributed by atoms with van der Waals surface area (Å²) in [5, 5.41) is 1.39. The molecule has 2 heterocycles. The maximum absolute atomic E-state index is 12.4. The number of aromatic nitrogens is 2. The summed E-state index contributed by atoms with van der Waals surface area (Å²) in [5.41, 5.74) is 2.02. The van der Waals surface area contributed by atoms with Crippen molar-refractivity contribution in [3.8, 4) is 0 Å². The van der Waals surface area contributed by atoms with Gasteiger partial charge in [0.2, 0.25) is 5.91 Å². The lowest BCUT2D eigenvalue weighted by Crippen LogP contribution is -2.49. The van der Waals surface area contributed by atoms with Crippen molar-refractivity contribution in [3.05, 3.63) is 47.2 Å². The first-order valence-corrected chi connectivity index (χ1v) is 9.19. The van der Waals surface area contributed by atoms with Gasteiger partial charge in [-0.1, -0.05) is 29.4 Å². The van der Waals surface area contributed by atoms with Crippen LogP contribution in [-0.2, 0) is 4.79 Å². The third-order valence-corrected chi connectivity index (χ3v) is 4.98. The lowest BCUT2D eigenvalue weighted by molar-refractivity contribution is -0.128. The second kappa shape index (κ2) is 7.85. The number of aryl methyl sites for hydroxylation is 1. The summed E-state index contributed by atoms with van der Waals surface area (Å²) in [6.07, 6.45) is 1.72. The molecule has 0 N–H and O–H groups in total. The summed E-state index contributed by atoms with van der Waals surface area (Å²) in [6.45, 7) is 5.00. The number of anilines is 1. The second-order valence-corrected chi connectivity index (χ2v) is 7.00. The van der Waals surface area contributed by atoms with E-state index < -0.39 is 0 Å². The van der Waals surface area contributed by atoms with E-state index in [1.165, 1.54) is 11.8 Å². The SMILES string of the molecule is Cc1ccnc(SCC(=O)N2CCN(c3cccc(Cl)c3)CC2)n1. The minimum absolute atomic E-state index is 0.135. The molecule has 2 aromatic rings. The normalized spacial score (nSPS) is 14.8. The van der Waals surface area contributed by atoms with Gasteiger partial charge in [0.15, 0.2) is 5.16 Å². The van der Waals surface area contributed by atoms with Crippen LogP contribution in [0.2, 0.25) is 5.02 Å². The van der Waals surface area contributed by atoms with E-state index in [-0.39, 0.29) is 5.91 Å². The molecule has 0 unspecified atom stereocenters. The van der Waals surface area contributed by atoms with Gasteiger partial charge in [0, 0.05) is 48.8 Å². The summed E-state index contributed by atoms with van der Waals surface area (Å²) >= 11 is 7.44. The van der Waals surface area contributed by atoms with Crippen molar-refractivity contribution in [2.45, 2.75) is 12.1 Å². The molecular weight excluding hydrogens is 344 g/mol. The topological polar surface area (TPSA) is 49.3 Å². The van der Waals surface area contributed by atoms with E-state index in [1.807, 2.05) is 42.2 Å². The molecule has 0 bridgehead atoms. The fraction of sp³-hybridized carbons (Fsp3) is 0.353. The average Bonchev–Trinajstić information content (AvgIpc) is 2.60. The quantitative estimate of drug-likeness (QED) is 0.618. The Bertz CT molecular complexity index is 719. The summed E-state index contributed by atoms with van der Waals surface area (Å²) in [6, 6.07) is 9.68. The summed E-state index contributed by atoms with van der Waals surface area (Å²) < 4.78 is 0. The van der Waals surface area contributed by atoms with E-state index >= 15 is 0 Å². The van der Waals surface area contributed by atoms with Crippen LogP contribution in [0.3, 0.4) is 0 Å². The molecule has 1 fully saturated rings. The van der Waals surface area contributed by atoms with Gasteiger partial charge in [0.1, 0.15) is 0 Å². The van der Waals surface area contributed by atoms with Gasteiger partial charge in [-0.15, -0.1) is 0 Å². The van der Waals surface area contributed by atoms with Crippen LogP contribution in [0.4, 0.5) is 5.69 Å². The van der Waals surface area contributed by atoms with Crippen molar-refractivity contribution in [2.75, 3.05) is 36.8 Å². The molecular formula is C17H19ClN4OS. The van der Waals surface area contributed by atoms with Gasteiger partial charge in [0.05, 0.1) is 5.75 Å². The molecule has 0 spiro atoms. The molecule has 1 amide bonds. The molecule has 3 rings (SSSR count). The zero-order valence-corrected chi connectivity index (χ0v) is 15.1. The van der Waals surface area contributed by atoms with Gasteiger partial charge < -0.3 is 9.80 Å². The number of benzene rings is 1. The number of carbonyl (C=O) groups excluding carboxylic acids is 1. The molecule has 1 aliphatic rings. The number of rotatable bonds is 4.